The molecule has 0 spiro atoms. The first-order chi connectivity index (χ1) is 12.2. The monoisotopic (exact) mass is 335 g/mol. The van der Waals surface area contributed by atoms with Gasteiger partial charge in [-0.2, -0.15) is 0 Å². The zero-order valence-electron chi connectivity index (χ0n) is 13.7. The molecule has 126 valence electrons. The fourth-order valence-corrected chi connectivity index (χ4v) is 2.43. The normalized spacial score (nSPS) is 10.3. The minimum absolute atomic E-state index is 0.0811. The molecule has 0 saturated heterocycles. The largest absolute Gasteiger partial charge is 0.465 e. The van der Waals surface area contributed by atoms with Crippen LogP contribution in [0.1, 0.15) is 21.5 Å². The fraction of sp³-hybridized carbons (Fsp3) is 0.100. The SMILES string of the molecule is COC(=O)c1cccc(Oc2ccc(Cc3ccc[nH]c3=O)cc2)c1. The summed E-state index contributed by atoms with van der Waals surface area (Å²) in [5.74, 6) is 0.789. The smallest absolute Gasteiger partial charge is 0.337 e. The number of aromatic nitrogens is 1. The molecule has 0 unspecified atom stereocenters. The summed E-state index contributed by atoms with van der Waals surface area (Å²) in [6, 6.07) is 17.9. The Bertz CT molecular complexity index is 929. The third kappa shape index (κ3) is 4.14. The van der Waals surface area contributed by atoms with Crippen LogP contribution in [0.25, 0.3) is 0 Å². The molecule has 1 aromatic heterocycles. The van der Waals surface area contributed by atoms with E-state index in [0.29, 0.717) is 29.0 Å². The first kappa shape index (κ1) is 16.5. The molecular formula is C20H17NO4. The van der Waals surface area contributed by atoms with Gasteiger partial charge >= 0.3 is 5.97 Å². The summed E-state index contributed by atoms with van der Waals surface area (Å²) in [6.45, 7) is 0. The van der Waals surface area contributed by atoms with Gasteiger partial charge in [0.2, 0.25) is 0 Å². The van der Waals surface area contributed by atoms with Crippen LogP contribution in [-0.2, 0) is 11.2 Å². The second-order valence-corrected chi connectivity index (χ2v) is 5.47. The molecule has 0 saturated carbocycles. The van der Waals surface area contributed by atoms with Crippen molar-refractivity contribution in [1.29, 1.82) is 0 Å². The summed E-state index contributed by atoms with van der Waals surface area (Å²) < 4.78 is 10.5. The van der Waals surface area contributed by atoms with Gasteiger partial charge in [-0.1, -0.05) is 24.3 Å². The Hall–Kier alpha value is -3.34. The summed E-state index contributed by atoms with van der Waals surface area (Å²) in [4.78, 5) is 25.9. The van der Waals surface area contributed by atoms with Crippen LogP contribution < -0.4 is 10.3 Å². The molecule has 0 aliphatic carbocycles. The average Bonchev–Trinajstić information content (AvgIpc) is 2.65. The molecule has 1 heterocycles. The first-order valence-electron chi connectivity index (χ1n) is 7.77. The molecule has 5 heteroatoms. The van der Waals surface area contributed by atoms with Gasteiger partial charge in [0.1, 0.15) is 11.5 Å². The Morgan fingerprint density at radius 1 is 1.00 bits per heavy atom. The number of benzene rings is 2. The van der Waals surface area contributed by atoms with Crippen molar-refractivity contribution in [3.05, 3.63) is 93.9 Å². The van der Waals surface area contributed by atoms with E-state index in [4.69, 9.17) is 9.47 Å². The molecule has 0 bridgehead atoms. The number of nitrogens with one attached hydrogen (secondary N) is 1. The molecule has 1 N–H and O–H groups in total. The highest BCUT2D eigenvalue weighted by Crippen LogP contribution is 2.23. The number of carbonyl (C=O) groups excluding carboxylic acids is 1. The van der Waals surface area contributed by atoms with E-state index < -0.39 is 5.97 Å². The lowest BCUT2D eigenvalue weighted by Gasteiger charge is -2.08. The Labute approximate surface area is 144 Å². The van der Waals surface area contributed by atoms with Gasteiger partial charge in [0.25, 0.3) is 5.56 Å². The third-order valence-electron chi connectivity index (χ3n) is 3.71. The topological polar surface area (TPSA) is 68.4 Å². The van der Waals surface area contributed by atoms with E-state index in [1.165, 1.54) is 7.11 Å². The number of hydrogen-bond acceptors (Lipinski definition) is 4. The van der Waals surface area contributed by atoms with Gasteiger partial charge in [0, 0.05) is 18.2 Å². The molecule has 5 nitrogen and oxygen atoms in total. The second-order valence-electron chi connectivity index (χ2n) is 5.47. The van der Waals surface area contributed by atoms with Crippen molar-refractivity contribution in [1.82, 2.24) is 4.98 Å². The highest BCUT2D eigenvalue weighted by atomic mass is 16.5. The van der Waals surface area contributed by atoms with Crippen LogP contribution in [0.15, 0.2) is 71.7 Å². The van der Waals surface area contributed by atoms with Crippen LogP contribution in [0.4, 0.5) is 0 Å². The minimum Gasteiger partial charge on any atom is -0.465 e. The number of esters is 1. The molecule has 3 rings (SSSR count). The summed E-state index contributed by atoms with van der Waals surface area (Å²) >= 11 is 0. The van der Waals surface area contributed by atoms with Gasteiger partial charge in [0.05, 0.1) is 12.7 Å². The van der Waals surface area contributed by atoms with Crippen LogP contribution >= 0.6 is 0 Å². The maximum atomic E-state index is 11.7. The predicted octanol–water partition coefficient (Wildman–Crippen LogP) is 3.54. The van der Waals surface area contributed by atoms with E-state index in [-0.39, 0.29) is 5.56 Å². The molecule has 0 aliphatic heterocycles. The number of aromatic amines is 1. The van der Waals surface area contributed by atoms with E-state index in [1.54, 1.807) is 30.5 Å². The Morgan fingerprint density at radius 3 is 2.52 bits per heavy atom. The summed E-state index contributed by atoms with van der Waals surface area (Å²) in [6.07, 6.45) is 2.17. The number of ether oxygens (including phenoxy) is 2. The number of H-pyrrole nitrogens is 1. The van der Waals surface area contributed by atoms with Gasteiger partial charge in [-0.15, -0.1) is 0 Å². The average molecular weight is 335 g/mol. The van der Waals surface area contributed by atoms with E-state index in [1.807, 2.05) is 36.4 Å². The van der Waals surface area contributed by atoms with Crippen molar-refractivity contribution in [2.24, 2.45) is 0 Å². The summed E-state index contributed by atoms with van der Waals surface area (Å²) in [5, 5.41) is 0. The van der Waals surface area contributed by atoms with Crippen LogP contribution in [0.5, 0.6) is 11.5 Å². The van der Waals surface area contributed by atoms with Crippen molar-refractivity contribution in [3.8, 4) is 11.5 Å². The number of carbonyl (C=O) groups is 1. The lowest BCUT2D eigenvalue weighted by atomic mass is 10.1. The lowest BCUT2D eigenvalue weighted by Crippen LogP contribution is -2.11. The molecule has 0 radical (unpaired) electrons. The van der Waals surface area contributed by atoms with Gasteiger partial charge in [0.15, 0.2) is 0 Å². The van der Waals surface area contributed by atoms with Crippen LogP contribution in [-0.4, -0.2) is 18.1 Å². The van der Waals surface area contributed by atoms with E-state index >= 15 is 0 Å². The lowest BCUT2D eigenvalue weighted by molar-refractivity contribution is 0.0600. The molecular weight excluding hydrogens is 318 g/mol. The van der Waals surface area contributed by atoms with Gasteiger partial charge in [-0.25, -0.2) is 4.79 Å². The van der Waals surface area contributed by atoms with Gasteiger partial charge in [-0.3, -0.25) is 4.79 Å². The maximum absolute atomic E-state index is 11.7. The summed E-state index contributed by atoms with van der Waals surface area (Å²) in [7, 11) is 1.34. The molecule has 25 heavy (non-hydrogen) atoms. The predicted molar refractivity (Wildman–Crippen MR) is 94.2 cm³/mol. The van der Waals surface area contributed by atoms with E-state index in [9.17, 15) is 9.59 Å². The third-order valence-corrected chi connectivity index (χ3v) is 3.71. The van der Waals surface area contributed by atoms with Crippen LogP contribution in [0, 0.1) is 0 Å². The zero-order valence-corrected chi connectivity index (χ0v) is 13.7. The maximum Gasteiger partial charge on any atom is 0.337 e. The number of pyridine rings is 1. The minimum atomic E-state index is -0.408. The summed E-state index contributed by atoms with van der Waals surface area (Å²) in [5.41, 5.74) is 2.07. The zero-order chi connectivity index (χ0) is 17.6. The van der Waals surface area contributed by atoms with E-state index in [2.05, 4.69) is 4.98 Å². The number of rotatable bonds is 5. The Kier molecular flexibility index (Phi) is 4.95. The molecule has 2 aromatic carbocycles. The Morgan fingerprint density at radius 2 is 1.80 bits per heavy atom. The van der Waals surface area contributed by atoms with Crippen LogP contribution in [0.3, 0.4) is 0 Å². The first-order valence-corrected chi connectivity index (χ1v) is 7.77. The molecule has 0 fully saturated rings. The fourth-order valence-electron chi connectivity index (χ4n) is 2.43. The second kappa shape index (κ2) is 7.49. The highest BCUT2D eigenvalue weighted by molar-refractivity contribution is 5.89. The van der Waals surface area contributed by atoms with Crippen molar-refractivity contribution in [2.45, 2.75) is 6.42 Å². The van der Waals surface area contributed by atoms with Crippen molar-refractivity contribution < 1.29 is 14.3 Å². The number of methoxy groups -OCH3 is 1. The standard InChI is InChI=1S/C20H17NO4/c1-24-20(23)16-4-2-6-18(13-16)25-17-9-7-14(8-10-17)12-15-5-3-11-21-19(15)22/h2-11,13H,12H2,1H3,(H,21,22). The van der Waals surface area contributed by atoms with Gasteiger partial charge < -0.3 is 14.5 Å². The molecule has 0 atom stereocenters. The molecule has 0 amide bonds. The van der Waals surface area contributed by atoms with Crippen molar-refractivity contribution in [2.75, 3.05) is 7.11 Å². The molecule has 3 aromatic rings. The quantitative estimate of drug-likeness (QED) is 0.724. The Balaban J connectivity index is 1.72. The highest BCUT2D eigenvalue weighted by Gasteiger charge is 2.07. The van der Waals surface area contributed by atoms with Crippen LogP contribution in [0.2, 0.25) is 0 Å². The number of hydrogen-bond donors (Lipinski definition) is 1. The van der Waals surface area contributed by atoms with Crippen molar-refractivity contribution in [3.63, 3.8) is 0 Å². The molecule has 0 aliphatic rings. The van der Waals surface area contributed by atoms with Gasteiger partial charge in [-0.05, 0) is 42.0 Å². The van der Waals surface area contributed by atoms with E-state index in [0.717, 1.165) is 5.56 Å². The van der Waals surface area contributed by atoms with Crippen molar-refractivity contribution >= 4 is 5.97 Å².